The van der Waals surface area contributed by atoms with Crippen LogP contribution in [0.2, 0.25) is 0 Å². The van der Waals surface area contributed by atoms with E-state index >= 15 is 0 Å². The Morgan fingerprint density at radius 2 is 1.62 bits per heavy atom. The van der Waals surface area contributed by atoms with E-state index in [9.17, 15) is 13.2 Å². The molecule has 0 aromatic carbocycles. The van der Waals surface area contributed by atoms with Gasteiger partial charge in [0.2, 0.25) is 0 Å². The predicted molar refractivity (Wildman–Crippen MR) is 88.8 cm³/mol. The topological polar surface area (TPSA) is 53.6 Å². The Hall–Kier alpha value is -0.980. The van der Waals surface area contributed by atoms with Gasteiger partial charge in [0.25, 0.3) is 0 Å². The van der Waals surface area contributed by atoms with Gasteiger partial charge in [-0.2, -0.15) is 13.2 Å². The Morgan fingerprint density at radius 1 is 1.00 bits per heavy atom. The van der Waals surface area contributed by atoms with Crippen LogP contribution in [0.3, 0.4) is 0 Å². The fraction of sp³-hybridized carbons (Fsp3) is 0.941. The first-order chi connectivity index (χ1) is 11.4. The number of halogens is 3. The molecular formula is C17H29F3N4. The monoisotopic (exact) mass is 346 g/mol. The van der Waals surface area contributed by atoms with Crippen LogP contribution in [0.4, 0.5) is 13.2 Å². The van der Waals surface area contributed by atoms with Crippen molar-refractivity contribution in [3.05, 3.63) is 0 Å². The summed E-state index contributed by atoms with van der Waals surface area (Å²) in [5, 5.41) is 3.29. The summed E-state index contributed by atoms with van der Waals surface area (Å²) in [5.74, 6) is -0.567. The lowest BCUT2D eigenvalue weighted by atomic mass is 9.83. The highest BCUT2D eigenvalue weighted by Gasteiger charge is 2.43. The third-order valence-electron chi connectivity index (χ3n) is 5.87. The number of nitrogens with zero attached hydrogens (tertiary/aromatic N) is 2. The molecule has 4 nitrogen and oxygen atoms in total. The molecule has 0 aromatic heterocycles. The summed E-state index contributed by atoms with van der Waals surface area (Å²) in [4.78, 5) is 6.79. The van der Waals surface area contributed by atoms with Crippen LogP contribution in [-0.2, 0) is 0 Å². The smallest absolute Gasteiger partial charge is 0.370 e. The average Bonchev–Trinajstić information content (AvgIpc) is 2.51. The first-order valence-electron chi connectivity index (χ1n) is 9.32. The van der Waals surface area contributed by atoms with Crippen LogP contribution in [0.5, 0.6) is 0 Å². The highest BCUT2D eigenvalue weighted by atomic mass is 19.4. The number of alkyl halides is 3. The molecule has 0 amide bonds. The van der Waals surface area contributed by atoms with Crippen molar-refractivity contribution < 1.29 is 13.2 Å². The van der Waals surface area contributed by atoms with Crippen LogP contribution < -0.4 is 11.1 Å². The average molecular weight is 346 g/mol. The molecule has 1 heterocycles. The molecule has 0 bridgehead atoms. The summed E-state index contributed by atoms with van der Waals surface area (Å²) in [6, 6.07) is 1.09. The maximum absolute atomic E-state index is 12.7. The van der Waals surface area contributed by atoms with Crippen LogP contribution in [0.15, 0.2) is 4.99 Å². The van der Waals surface area contributed by atoms with Crippen molar-refractivity contribution in [2.75, 3.05) is 13.1 Å². The molecule has 1 aliphatic heterocycles. The molecule has 0 atom stereocenters. The Bertz CT molecular complexity index is 432. The molecule has 7 heteroatoms. The molecule has 2 saturated carbocycles. The van der Waals surface area contributed by atoms with Gasteiger partial charge in [0.1, 0.15) is 0 Å². The maximum Gasteiger partial charge on any atom is 0.391 e. The lowest BCUT2D eigenvalue weighted by Crippen LogP contribution is -2.57. The van der Waals surface area contributed by atoms with Crippen molar-refractivity contribution in [1.29, 1.82) is 0 Å². The third kappa shape index (κ3) is 4.55. The molecule has 3 aliphatic rings. The Labute approximate surface area is 142 Å². The number of aliphatic imine (C=N–C) groups is 1. The van der Waals surface area contributed by atoms with E-state index < -0.39 is 12.1 Å². The fourth-order valence-electron chi connectivity index (χ4n) is 4.25. The van der Waals surface area contributed by atoms with Gasteiger partial charge in [0.05, 0.1) is 12.0 Å². The van der Waals surface area contributed by atoms with Crippen LogP contribution in [-0.4, -0.2) is 48.3 Å². The van der Waals surface area contributed by atoms with E-state index in [0.29, 0.717) is 37.2 Å². The molecular weight excluding hydrogens is 317 g/mol. The van der Waals surface area contributed by atoms with E-state index in [1.807, 2.05) is 0 Å². The zero-order valence-corrected chi connectivity index (χ0v) is 14.2. The van der Waals surface area contributed by atoms with E-state index in [4.69, 9.17) is 5.73 Å². The van der Waals surface area contributed by atoms with E-state index in [1.54, 1.807) is 0 Å². The van der Waals surface area contributed by atoms with Crippen LogP contribution in [0.1, 0.15) is 57.8 Å². The Kier molecular flexibility index (Phi) is 5.57. The number of guanidine groups is 1. The Balaban J connectivity index is 1.36. The number of piperidine rings is 1. The van der Waals surface area contributed by atoms with Crippen molar-refractivity contribution in [3.63, 3.8) is 0 Å². The molecule has 24 heavy (non-hydrogen) atoms. The summed E-state index contributed by atoms with van der Waals surface area (Å²) in [7, 11) is 0. The third-order valence-corrected chi connectivity index (χ3v) is 5.87. The molecule has 0 spiro atoms. The first-order valence-corrected chi connectivity index (χ1v) is 9.32. The summed E-state index contributed by atoms with van der Waals surface area (Å²) < 4.78 is 38.1. The highest BCUT2D eigenvalue weighted by molar-refractivity contribution is 5.78. The molecule has 0 aromatic rings. The van der Waals surface area contributed by atoms with Crippen LogP contribution >= 0.6 is 0 Å². The molecule has 3 fully saturated rings. The number of nitrogens with two attached hydrogens (primary N) is 1. The van der Waals surface area contributed by atoms with Gasteiger partial charge in [-0.1, -0.05) is 19.3 Å². The number of hydrogen-bond acceptors (Lipinski definition) is 2. The van der Waals surface area contributed by atoms with Gasteiger partial charge in [0.15, 0.2) is 5.96 Å². The second-order valence-corrected chi connectivity index (χ2v) is 7.62. The number of rotatable bonds is 3. The van der Waals surface area contributed by atoms with Gasteiger partial charge in [-0.3, -0.25) is 4.99 Å². The summed E-state index contributed by atoms with van der Waals surface area (Å²) in [6.07, 6.45) is 4.39. The van der Waals surface area contributed by atoms with E-state index in [-0.39, 0.29) is 12.8 Å². The SMILES string of the molecule is NC(=NC1CCCCC1)NC1CC(N2CCC(C(F)(F)F)CC2)C1. The molecule has 138 valence electrons. The number of hydrogen-bond donors (Lipinski definition) is 2. The molecule has 1 saturated heterocycles. The normalized spacial score (nSPS) is 31.7. The van der Waals surface area contributed by atoms with Gasteiger partial charge < -0.3 is 16.0 Å². The molecule has 0 radical (unpaired) electrons. The molecule has 3 N–H and O–H groups in total. The van der Waals surface area contributed by atoms with Crippen molar-refractivity contribution in [2.24, 2.45) is 16.6 Å². The molecule has 2 aliphatic carbocycles. The van der Waals surface area contributed by atoms with E-state index in [2.05, 4.69) is 15.2 Å². The first kappa shape index (κ1) is 17.8. The lowest BCUT2D eigenvalue weighted by Gasteiger charge is -2.46. The van der Waals surface area contributed by atoms with Gasteiger partial charge in [0, 0.05) is 12.1 Å². The zero-order chi connectivity index (χ0) is 17.2. The maximum atomic E-state index is 12.7. The van der Waals surface area contributed by atoms with Gasteiger partial charge in [-0.15, -0.1) is 0 Å². The summed E-state index contributed by atoms with van der Waals surface area (Å²) in [5.41, 5.74) is 6.01. The fourth-order valence-corrected chi connectivity index (χ4v) is 4.25. The van der Waals surface area contributed by atoms with E-state index in [1.165, 1.54) is 19.3 Å². The molecule has 0 unspecified atom stereocenters. The lowest BCUT2D eigenvalue weighted by molar-refractivity contribution is -0.187. The summed E-state index contributed by atoms with van der Waals surface area (Å²) >= 11 is 0. The van der Waals surface area contributed by atoms with Crippen molar-refractivity contribution in [3.8, 4) is 0 Å². The number of nitrogens with one attached hydrogen (secondary N) is 1. The van der Waals surface area contributed by atoms with Crippen molar-refractivity contribution in [1.82, 2.24) is 10.2 Å². The minimum Gasteiger partial charge on any atom is -0.370 e. The highest BCUT2D eigenvalue weighted by Crippen LogP contribution is 2.36. The summed E-state index contributed by atoms with van der Waals surface area (Å²) in [6.45, 7) is 1.13. The van der Waals surface area contributed by atoms with Crippen LogP contribution in [0.25, 0.3) is 0 Å². The minimum atomic E-state index is -4.03. The van der Waals surface area contributed by atoms with Crippen molar-refractivity contribution in [2.45, 2.75) is 82.1 Å². The second-order valence-electron chi connectivity index (χ2n) is 7.62. The van der Waals surface area contributed by atoms with Crippen LogP contribution in [0, 0.1) is 5.92 Å². The van der Waals surface area contributed by atoms with Gasteiger partial charge >= 0.3 is 6.18 Å². The van der Waals surface area contributed by atoms with Crippen molar-refractivity contribution >= 4 is 5.96 Å². The van der Waals surface area contributed by atoms with Gasteiger partial charge in [-0.05, 0) is 51.6 Å². The zero-order valence-electron chi connectivity index (χ0n) is 14.2. The number of likely N-dealkylation sites (tertiary alicyclic amines) is 1. The minimum absolute atomic E-state index is 0.239. The standard InChI is InChI=1S/C17H29F3N4/c18-17(19,20)12-6-8-24(9-7-12)15-10-14(11-15)23-16(21)22-13-4-2-1-3-5-13/h12-15H,1-11H2,(H3,21,22,23). The quantitative estimate of drug-likeness (QED) is 0.610. The van der Waals surface area contributed by atoms with E-state index in [0.717, 1.165) is 25.7 Å². The molecule has 3 rings (SSSR count). The predicted octanol–water partition coefficient (Wildman–Crippen LogP) is 3.03. The van der Waals surface area contributed by atoms with Gasteiger partial charge in [-0.25, -0.2) is 0 Å². The Morgan fingerprint density at radius 3 is 2.21 bits per heavy atom. The second kappa shape index (κ2) is 7.50. The largest absolute Gasteiger partial charge is 0.391 e.